The Hall–Kier alpha value is -3.52. The number of hydrogen-bond acceptors (Lipinski definition) is 8. The van der Waals surface area contributed by atoms with Gasteiger partial charge in [-0.15, -0.1) is 0 Å². The van der Waals surface area contributed by atoms with Crippen LogP contribution in [0.3, 0.4) is 0 Å². The Morgan fingerprint density at radius 1 is 0.818 bits per heavy atom. The Morgan fingerprint density at radius 3 is 2.18 bits per heavy atom. The molecule has 1 N–H and O–H groups in total. The molecule has 0 aliphatic carbocycles. The van der Waals surface area contributed by atoms with Gasteiger partial charge in [0, 0.05) is 17.2 Å². The summed E-state index contributed by atoms with van der Waals surface area (Å²) in [6, 6.07) is 9.17. The van der Waals surface area contributed by atoms with E-state index in [2.05, 4.69) is 0 Å². The van der Waals surface area contributed by atoms with E-state index in [4.69, 9.17) is 33.2 Å². The van der Waals surface area contributed by atoms with E-state index in [0.717, 1.165) is 11.1 Å². The highest BCUT2D eigenvalue weighted by Gasteiger charge is 2.50. The molecule has 0 aromatic heterocycles. The van der Waals surface area contributed by atoms with Gasteiger partial charge in [-0.25, -0.2) is 0 Å². The van der Waals surface area contributed by atoms with E-state index in [1.54, 1.807) is 41.6 Å². The molecule has 8 heteroatoms. The second-order valence-corrected chi connectivity index (χ2v) is 7.99. The third-order valence-corrected chi connectivity index (χ3v) is 6.28. The van der Waals surface area contributed by atoms with Crippen molar-refractivity contribution in [2.24, 2.45) is 0 Å². The summed E-state index contributed by atoms with van der Waals surface area (Å²) in [7, 11) is 7.85. The topological polar surface area (TPSA) is 84.8 Å². The van der Waals surface area contributed by atoms with Gasteiger partial charge in [-0.05, 0) is 6.07 Å². The van der Waals surface area contributed by atoms with Crippen LogP contribution in [0.15, 0.2) is 30.3 Å². The summed E-state index contributed by atoms with van der Waals surface area (Å²) in [5, 5.41) is 12.1. The standard InChI is InChI=1S/C25H26O8/c1-27-17-10-18(28-2)23(30-4)20-19(17)21(29-3)14-11-25(33-22(14)24(20)31-5)12-15(26)13-8-6-7-9-16(13)32-25/h6-10,15,26H,11-12H2,1-5H3/t15-,25-/m1/s1. The quantitative estimate of drug-likeness (QED) is 0.619. The summed E-state index contributed by atoms with van der Waals surface area (Å²) in [5.41, 5.74) is 1.50. The third kappa shape index (κ3) is 3.01. The van der Waals surface area contributed by atoms with Crippen LogP contribution < -0.4 is 33.2 Å². The number of fused-ring (bicyclic) bond motifs is 3. The predicted molar refractivity (Wildman–Crippen MR) is 120 cm³/mol. The van der Waals surface area contributed by atoms with E-state index in [0.29, 0.717) is 57.4 Å². The fraction of sp³-hybridized carbons (Fsp3) is 0.360. The highest BCUT2D eigenvalue weighted by atomic mass is 16.7. The number of methoxy groups -OCH3 is 5. The molecule has 0 unspecified atom stereocenters. The van der Waals surface area contributed by atoms with E-state index in [1.165, 1.54) is 0 Å². The first-order valence-electron chi connectivity index (χ1n) is 10.5. The van der Waals surface area contributed by atoms with Gasteiger partial charge < -0.3 is 38.3 Å². The first-order valence-corrected chi connectivity index (χ1v) is 10.5. The number of benzene rings is 3. The maximum atomic E-state index is 10.9. The normalized spacial score (nSPS) is 20.5. The lowest BCUT2D eigenvalue weighted by atomic mass is 9.92. The molecule has 2 atom stereocenters. The molecule has 174 valence electrons. The van der Waals surface area contributed by atoms with E-state index in [-0.39, 0.29) is 6.42 Å². The van der Waals surface area contributed by atoms with E-state index < -0.39 is 11.9 Å². The van der Waals surface area contributed by atoms with Gasteiger partial charge >= 0.3 is 0 Å². The molecule has 3 aromatic carbocycles. The molecular formula is C25H26O8. The molecule has 0 bridgehead atoms. The van der Waals surface area contributed by atoms with Crippen LogP contribution in [0.1, 0.15) is 23.7 Å². The Bertz CT molecular complexity index is 1240. The van der Waals surface area contributed by atoms with Crippen LogP contribution in [-0.2, 0) is 6.42 Å². The molecule has 2 aliphatic heterocycles. The molecule has 5 rings (SSSR count). The molecule has 2 heterocycles. The van der Waals surface area contributed by atoms with Crippen LogP contribution >= 0.6 is 0 Å². The van der Waals surface area contributed by atoms with Crippen molar-refractivity contribution in [2.75, 3.05) is 35.5 Å². The summed E-state index contributed by atoms with van der Waals surface area (Å²) in [5.74, 6) is 2.44. The fourth-order valence-corrected chi connectivity index (χ4v) is 4.92. The second-order valence-electron chi connectivity index (χ2n) is 7.99. The smallest absolute Gasteiger partial charge is 0.258 e. The average molecular weight is 454 g/mol. The number of ether oxygens (including phenoxy) is 7. The van der Waals surface area contributed by atoms with Gasteiger partial charge in [0.2, 0.25) is 0 Å². The minimum Gasteiger partial charge on any atom is -0.496 e. The van der Waals surface area contributed by atoms with Crippen LogP contribution in [0.25, 0.3) is 10.8 Å². The molecule has 2 aliphatic rings. The van der Waals surface area contributed by atoms with Gasteiger partial charge in [-0.2, -0.15) is 0 Å². The molecular weight excluding hydrogens is 428 g/mol. The SMILES string of the molecule is COc1cc(OC)c2c(OC)c3c(c(OC)c2c1OC)O[C@]1(C3)C[C@@H](O)c2ccccc2O1. The molecule has 8 nitrogen and oxygen atoms in total. The zero-order valence-electron chi connectivity index (χ0n) is 19.2. The van der Waals surface area contributed by atoms with Gasteiger partial charge in [0.15, 0.2) is 23.0 Å². The van der Waals surface area contributed by atoms with Gasteiger partial charge in [0.1, 0.15) is 17.2 Å². The Kier molecular flexibility index (Phi) is 5.05. The second kappa shape index (κ2) is 7.81. The average Bonchev–Trinajstić information content (AvgIpc) is 3.18. The Labute approximate surface area is 191 Å². The zero-order valence-corrected chi connectivity index (χ0v) is 19.2. The zero-order chi connectivity index (χ0) is 23.3. The maximum absolute atomic E-state index is 10.9. The van der Waals surface area contributed by atoms with Crippen molar-refractivity contribution in [1.29, 1.82) is 0 Å². The van der Waals surface area contributed by atoms with E-state index >= 15 is 0 Å². The predicted octanol–water partition coefficient (Wildman–Crippen LogP) is 4.03. The van der Waals surface area contributed by atoms with Crippen LogP contribution in [0.4, 0.5) is 0 Å². The Balaban J connectivity index is 1.77. The minimum atomic E-state index is -1.11. The highest BCUT2D eigenvalue weighted by molar-refractivity contribution is 6.06. The first-order chi connectivity index (χ1) is 16.0. The van der Waals surface area contributed by atoms with Gasteiger partial charge in [-0.3, -0.25) is 0 Å². The van der Waals surface area contributed by atoms with Crippen molar-refractivity contribution in [3.05, 3.63) is 41.5 Å². The summed E-state index contributed by atoms with van der Waals surface area (Å²) < 4.78 is 41.5. The number of aliphatic hydroxyl groups excluding tert-OH is 1. The molecule has 0 saturated carbocycles. The van der Waals surface area contributed by atoms with Crippen LogP contribution in [-0.4, -0.2) is 46.4 Å². The van der Waals surface area contributed by atoms with Crippen molar-refractivity contribution in [2.45, 2.75) is 24.7 Å². The lowest BCUT2D eigenvalue weighted by Gasteiger charge is -2.37. The molecule has 0 radical (unpaired) electrons. The lowest BCUT2D eigenvalue weighted by Crippen LogP contribution is -2.45. The molecule has 0 saturated heterocycles. The van der Waals surface area contributed by atoms with Crippen molar-refractivity contribution < 1.29 is 38.3 Å². The van der Waals surface area contributed by atoms with Crippen LogP contribution in [0, 0.1) is 0 Å². The molecule has 0 fully saturated rings. The summed E-state index contributed by atoms with van der Waals surface area (Å²) in [6.45, 7) is 0. The van der Waals surface area contributed by atoms with Gasteiger partial charge in [0.25, 0.3) is 5.79 Å². The number of aliphatic hydroxyl groups is 1. The van der Waals surface area contributed by atoms with Crippen molar-refractivity contribution in [3.63, 3.8) is 0 Å². The number of para-hydroxylation sites is 1. The summed E-state index contributed by atoms with van der Waals surface area (Å²) in [4.78, 5) is 0. The van der Waals surface area contributed by atoms with Crippen molar-refractivity contribution in [1.82, 2.24) is 0 Å². The van der Waals surface area contributed by atoms with Crippen molar-refractivity contribution in [3.8, 4) is 40.2 Å². The fourth-order valence-electron chi connectivity index (χ4n) is 4.92. The maximum Gasteiger partial charge on any atom is 0.258 e. The largest absolute Gasteiger partial charge is 0.496 e. The number of hydrogen-bond donors (Lipinski definition) is 1. The minimum absolute atomic E-state index is 0.249. The first kappa shape index (κ1) is 21.3. The molecule has 33 heavy (non-hydrogen) atoms. The van der Waals surface area contributed by atoms with Crippen molar-refractivity contribution >= 4 is 10.8 Å². The van der Waals surface area contributed by atoms with E-state index in [9.17, 15) is 5.11 Å². The summed E-state index contributed by atoms with van der Waals surface area (Å²) in [6.07, 6.45) is -0.139. The third-order valence-electron chi connectivity index (χ3n) is 6.28. The highest BCUT2D eigenvalue weighted by Crippen LogP contribution is 2.59. The van der Waals surface area contributed by atoms with Crippen LogP contribution in [0.2, 0.25) is 0 Å². The lowest BCUT2D eigenvalue weighted by molar-refractivity contribution is -0.138. The Morgan fingerprint density at radius 2 is 1.52 bits per heavy atom. The summed E-state index contributed by atoms with van der Waals surface area (Å²) >= 11 is 0. The van der Waals surface area contributed by atoms with Gasteiger partial charge in [0.05, 0.1) is 65.3 Å². The molecule has 3 aromatic rings. The van der Waals surface area contributed by atoms with E-state index in [1.807, 2.05) is 24.3 Å². The number of rotatable bonds is 5. The molecule has 1 spiro atoms. The monoisotopic (exact) mass is 454 g/mol. The molecule has 0 amide bonds. The van der Waals surface area contributed by atoms with Gasteiger partial charge in [-0.1, -0.05) is 18.2 Å². The van der Waals surface area contributed by atoms with Crippen LogP contribution in [0.5, 0.6) is 40.2 Å².